The number of amides is 1. The van der Waals surface area contributed by atoms with Crippen LogP contribution in [0.15, 0.2) is 48.5 Å². The van der Waals surface area contributed by atoms with Gasteiger partial charge in [0, 0.05) is 41.1 Å². The van der Waals surface area contributed by atoms with Gasteiger partial charge in [-0.05, 0) is 73.4 Å². The third kappa shape index (κ3) is 7.74. The van der Waals surface area contributed by atoms with E-state index in [-0.39, 0.29) is 47.1 Å². The van der Waals surface area contributed by atoms with E-state index in [1.54, 1.807) is 45.2 Å². The largest absolute Gasteiger partial charge is 0.435 e. The van der Waals surface area contributed by atoms with Crippen LogP contribution < -0.4 is 10.0 Å². The van der Waals surface area contributed by atoms with Crippen molar-refractivity contribution in [1.82, 2.24) is 29.9 Å². The Labute approximate surface area is 327 Å². The quantitative estimate of drug-likeness (QED) is 0.107. The smallest absolute Gasteiger partial charge is 0.378 e. The fraction of sp³-hybridized carbons (Fsp3) is 0.385. The summed E-state index contributed by atoms with van der Waals surface area (Å²) < 4.78 is 131. The second kappa shape index (κ2) is 14.1. The minimum absolute atomic E-state index is 0.00530. The number of halogens is 7. The summed E-state index contributed by atoms with van der Waals surface area (Å²) in [5, 5.41) is 21.6. The summed E-state index contributed by atoms with van der Waals surface area (Å²) in [5.74, 6) is -3.82. The lowest BCUT2D eigenvalue weighted by Gasteiger charge is -2.23. The fourth-order valence-electron chi connectivity index (χ4n) is 7.33. The molecular weight excluding hydrogens is 796 g/mol. The molecule has 1 saturated carbocycles. The highest BCUT2D eigenvalue weighted by molar-refractivity contribution is 7.92. The maximum absolute atomic E-state index is 15.4. The molecule has 11 nitrogen and oxygen atoms in total. The highest BCUT2D eigenvalue weighted by atomic mass is 32.2. The van der Waals surface area contributed by atoms with Crippen LogP contribution in [0.1, 0.15) is 73.1 Å². The van der Waals surface area contributed by atoms with Crippen LogP contribution in [0.5, 0.6) is 0 Å². The average Bonchev–Trinajstić information content (AvgIpc) is 3.65. The zero-order valence-electron chi connectivity index (χ0n) is 31.5. The Balaban J connectivity index is 1.39. The van der Waals surface area contributed by atoms with Crippen LogP contribution in [-0.4, -0.2) is 55.8 Å². The lowest BCUT2D eigenvalue weighted by Crippen LogP contribution is -2.35. The van der Waals surface area contributed by atoms with E-state index in [1.165, 1.54) is 17.7 Å². The number of hydrogen-bond acceptors (Lipinski definition) is 7. The Hall–Kier alpha value is -5.48. The number of para-hydroxylation sites is 1. The van der Waals surface area contributed by atoms with E-state index in [2.05, 4.69) is 32.1 Å². The molecule has 0 spiro atoms. The molecule has 0 radical (unpaired) electrons. The van der Waals surface area contributed by atoms with Gasteiger partial charge in [-0.2, -0.15) is 32.1 Å². The van der Waals surface area contributed by atoms with E-state index in [4.69, 9.17) is 4.98 Å². The number of aromatic nitrogens is 5. The molecule has 3 heterocycles. The molecule has 5 aromatic rings. The van der Waals surface area contributed by atoms with E-state index in [9.17, 15) is 40.3 Å². The molecule has 306 valence electrons. The Morgan fingerprint density at radius 1 is 1.07 bits per heavy atom. The number of aliphatic hydroxyl groups is 1. The Morgan fingerprint density at radius 2 is 1.76 bits per heavy atom. The van der Waals surface area contributed by atoms with Gasteiger partial charge in [0.05, 0.1) is 23.5 Å². The molecule has 4 atom stereocenters. The highest BCUT2D eigenvalue weighted by Gasteiger charge is 2.68. The first-order valence-electron chi connectivity index (χ1n) is 18.0. The first-order valence-corrected chi connectivity index (χ1v) is 19.8. The predicted molar refractivity (Wildman–Crippen MR) is 198 cm³/mol. The molecule has 1 unspecified atom stereocenters. The normalized spacial score (nSPS) is 18.6. The Morgan fingerprint density at radius 3 is 2.40 bits per heavy atom. The van der Waals surface area contributed by atoms with Crippen molar-refractivity contribution in [3.8, 4) is 23.0 Å². The number of fused-ring (bicyclic) bond motifs is 4. The van der Waals surface area contributed by atoms with Crippen molar-refractivity contribution in [2.75, 3.05) is 11.0 Å². The number of rotatable bonds is 10. The summed E-state index contributed by atoms with van der Waals surface area (Å²) >= 11 is 0. The molecule has 7 rings (SSSR count). The van der Waals surface area contributed by atoms with Gasteiger partial charge in [0.15, 0.2) is 11.5 Å². The molecule has 2 aromatic carbocycles. The SMILES string of the molecule is CC(C)C(C)(O)C#Cc1ccc(-c2cccc3c(NS(C)(=O)=O)nn(C)c23)c([C@H](Cc2cc(F)cc(F)c2)NC(=O)Cn2nc(C(F)(F)F)c3c2C(F)(F)[C@@H]2C[C@H]32)n1. The van der Waals surface area contributed by atoms with Gasteiger partial charge in [0.2, 0.25) is 15.9 Å². The molecule has 2 aliphatic rings. The van der Waals surface area contributed by atoms with Crippen molar-refractivity contribution >= 4 is 32.7 Å². The molecule has 1 amide bonds. The standard InChI is InChI=1S/C39H36F7N7O4S/c1-19(2)37(3,55)12-11-23-9-10-24(25-7-6-8-26-33(25)52(4)50-36(26)51-58(5,56)57)32(47-23)29(15-20-13-21(40)16-22(41)14-20)48-30(54)18-53-35-31(34(49-53)39(44,45)46)27-17-28(27)38(35,42)43/h6-10,13-14,16,19,27-29,55H,15,17-18H2,1-5H3,(H,48,54)(H,50,51)/t27-,28+,29-,37?/m0/s1. The van der Waals surface area contributed by atoms with Crippen LogP contribution in [0.25, 0.3) is 22.0 Å². The Kier molecular flexibility index (Phi) is 9.91. The lowest BCUT2D eigenvalue weighted by atomic mass is 9.92. The number of nitrogens with one attached hydrogen (secondary N) is 2. The molecule has 1 fully saturated rings. The lowest BCUT2D eigenvalue weighted by molar-refractivity contribution is -0.142. The zero-order chi connectivity index (χ0) is 42.3. The second-order valence-corrected chi connectivity index (χ2v) is 16.9. The van der Waals surface area contributed by atoms with Crippen molar-refractivity contribution in [2.45, 2.75) is 69.8 Å². The minimum Gasteiger partial charge on any atom is -0.378 e. The summed E-state index contributed by atoms with van der Waals surface area (Å²) in [6.45, 7) is 3.90. The number of hydrogen-bond donors (Lipinski definition) is 3. The van der Waals surface area contributed by atoms with Gasteiger partial charge in [-0.15, -0.1) is 0 Å². The van der Waals surface area contributed by atoms with E-state index in [1.807, 2.05) is 0 Å². The number of anilines is 1. The molecule has 0 saturated heterocycles. The number of sulfonamides is 1. The summed E-state index contributed by atoms with van der Waals surface area (Å²) in [6.07, 6.45) is -4.66. The molecule has 0 aliphatic heterocycles. The summed E-state index contributed by atoms with van der Waals surface area (Å²) in [4.78, 5) is 18.7. The molecule has 19 heteroatoms. The van der Waals surface area contributed by atoms with Crippen molar-refractivity contribution in [3.63, 3.8) is 0 Å². The third-order valence-corrected chi connectivity index (χ3v) is 11.0. The predicted octanol–water partition coefficient (Wildman–Crippen LogP) is 6.57. The van der Waals surface area contributed by atoms with Gasteiger partial charge in [0.1, 0.15) is 35.2 Å². The van der Waals surface area contributed by atoms with Crippen LogP contribution in [0, 0.1) is 35.3 Å². The number of pyridine rings is 1. The van der Waals surface area contributed by atoms with Crippen LogP contribution in [-0.2, 0) is 46.9 Å². The maximum atomic E-state index is 15.4. The van der Waals surface area contributed by atoms with E-state index >= 15 is 8.78 Å². The van der Waals surface area contributed by atoms with Crippen molar-refractivity contribution in [2.24, 2.45) is 18.9 Å². The fourth-order valence-corrected chi connectivity index (χ4v) is 7.83. The zero-order valence-corrected chi connectivity index (χ0v) is 32.3. The van der Waals surface area contributed by atoms with Gasteiger partial charge in [-0.3, -0.25) is 18.9 Å². The van der Waals surface area contributed by atoms with Crippen LogP contribution in [0.2, 0.25) is 0 Å². The molecular formula is C39H36F7N7O4S. The molecule has 3 N–H and O–H groups in total. The van der Waals surface area contributed by atoms with Gasteiger partial charge < -0.3 is 10.4 Å². The van der Waals surface area contributed by atoms with Crippen LogP contribution >= 0.6 is 0 Å². The van der Waals surface area contributed by atoms with Crippen molar-refractivity contribution < 1.29 is 49.1 Å². The molecule has 2 aliphatic carbocycles. The average molecular weight is 832 g/mol. The van der Waals surface area contributed by atoms with Crippen molar-refractivity contribution in [3.05, 3.63) is 94.1 Å². The van der Waals surface area contributed by atoms with E-state index < -0.39 is 86.6 Å². The summed E-state index contributed by atoms with van der Waals surface area (Å²) in [7, 11) is -2.24. The molecule has 0 bridgehead atoms. The van der Waals surface area contributed by atoms with Gasteiger partial charge >= 0.3 is 6.18 Å². The number of benzene rings is 2. The number of aryl methyl sites for hydroxylation is 1. The first kappa shape index (κ1) is 40.7. The first-order chi connectivity index (χ1) is 26.9. The van der Waals surface area contributed by atoms with Crippen LogP contribution in [0.4, 0.5) is 36.6 Å². The van der Waals surface area contributed by atoms with Gasteiger partial charge in [-0.1, -0.05) is 31.9 Å². The Bertz CT molecular complexity index is 2640. The van der Waals surface area contributed by atoms with Gasteiger partial charge in [0.25, 0.3) is 5.92 Å². The van der Waals surface area contributed by atoms with E-state index in [0.717, 1.165) is 18.4 Å². The topological polar surface area (TPSA) is 144 Å². The maximum Gasteiger partial charge on any atom is 0.435 e. The number of alkyl halides is 5. The minimum atomic E-state index is -5.08. The summed E-state index contributed by atoms with van der Waals surface area (Å²) in [6, 6.07) is 9.18. The van der Waals surface area contributed by atoms with Crippen LogP contribution in [0.3, 0.4) is 0 Å². The van der Waals surface area contributed by atoms with E-state index in [0.29, 0.717) is 27.2 Å². The number of carbonyl (C=O) groups is 1. The number of carbonyl (C=O) groups excluding carboxylic acids is 1. The second-order valence-electron chi connectivity index (χ2n) is 15.2. The monoisotopic (exact) mass is 831 g/mol. The van der Waals surface area contributed by atoms with Crippen molar-refractivity contribution in [1.29, 1.82) is 0 Å². The molecule has 3 aromatic heterocycles. The summed E-state index contributed by atoms with van der Waals surface area (Å²) in [5.41, 5.74) is -3.47. The highest BCUT2D eigenvalue weighted by Crippen LogP contribution is 2.68. The third-order valence-electron chi connectivity index (χ3n) is 10.5. The molecule has 58 heavy (non-hydrogen) atoms. The van der Waals surface area contributed by atoms with Gasteiger partial charge in [-0.25, -0.2) is 22.2 Å². The number of nitrogens with zero attached hydrogens (tertiary/aromatic N) is 5.